The number of benzene rings is 3. The number of fused-ring (bicyclic) bond motifs is 5. The van der Waals surface area contributed by atoms with Crippen LogP contribution in [0.5, 0.6) is 0 Å². The molecule has 0 fully saturated rings. The van der Waals surface area contributed by atoms with Crippen LogP contribution in [-0.2, 0) is 35.1 Å². The van der Waals surface area contributed by atoms with Crippen molar-refractivity contribution >= 4 is 27.8 Å². The Morgan fingerprint density at radius 3 is 1.64 bits per heavy atom. The topological polar surface area (TPSA) is 18.5 Å². The SMILES string of the molecule is C[Si](C)(C)OCCC(CCO[Si](C)(C)C)(C1=c2ccccc2=C2C=CC=CC21)C1c2ccccc2-c2ccccc21.[Cl-].[Cl-].[Zr+2]. The maximum absolute atomic E-state index is 6.71. The summed E-state index contributed by atoms with van der Waals surface area (Å²) in [6.45, 7) is 15.4. The minimum atomic E-state index is -1.71. The monoisotopic (exact) mass is 736 g/mol. The molecule has 0 heterocycles. The average Bonchev–Trinajstić information content (AvgIpc) is 3.45. The van der Waals surface area contributed by atoms with Crippen molar-refractivity contribution < 1.29 is 59.9 Å². The summed E-state index contributed by atoms with van der Waals surface area (Å²) in [5.41, 5.74) is 8.46. The molecule has 2 nitrogen and oxygen atoms in total. The summed E-state index contributed by atoms with van der Waals surface area (Å²) < 4.78 is 13.4. The normalized spacial score (nSPS) is 16.7. The summed E-state index contributed by atoms with van der Waals surface area (Å²) in [6, 6.07) is 27.4. The second-order valence-corrected chi connectivity index (χ2v) is 22.8. The van der Waals surface area contributed by atoms with E-state index in [0.29, 0.717) is 0 Å². The Bertz CT molecular complexity index is 1590. The van der Waals surface area contributed by atoms with Gasteiger partial charge in [-0.3, -0.25) is 0 Å². The van der Waals surface area contributed by atoms with Gasteiger partial charge in [-0.25, -0.2) is 0 Å². The Balaban J connectivity index is 0.00000176. The van der Waals surface area contributed by atoms with Crippen LogP contribution in [0.4, 0.5) is 0 Å². The van der Waals surface area contributed by atoms with Crippen LogP contribution in [0.2, 0.25) is 39.3 Å². The largest absolute Gasteiger partial charge is 2.00 e. The van der Waals surface area contributed by atoms with E-state index < -0.39 is 16.6 Å². The first kappa shape index (κ1) is 37.2. The van der Waals surface area contributed by atoms with Gasteiger partial charge in [0, 0.05) is 30.5 Å². The van der Waals surface area contributed by atoms with Crippen LogP contribution in [0.3, 0.4) is 0 Å². The van der Waals surface area contributed by atoms with Crippen LogP contribution in [0.15, 0.2) is 97.1 Å². The first-order valence-corrected chi connectivity index (χ1v) is 22.1. The van der Waals surface area contributed by atoms with Gasteiger partial charge in [0.25, 0.3) is 0 Å². The predicted octanol–water partition coefficient (Wildman–Crippen LogP) is 2.03. The first-order valence-electron chi connectivity index (χ1n) is 15.2. The molecular formula is C37H44Cl2O2Si2Zr. The molecule has 3 aromatic carbocycles. The maximum atomic E-state index is 6.71. The molecule has 0 radical (unpaired) electrons. The van der Waals surface area contributed by atoms with Crippen LogP contribution in [-0.4, -0.2) is 29.8 Å². The van der Waals surface area contributed by atoms with Crippen molar-refractivity contribution in [3.63, 3.8) is 0 Å². The van der Waals surface area contributed by atoms with E-state index in [1.807, 2.05) is 0 Å². The van der Waals surface area contributed by atoms with Gasteiger partial charge in [-0.1, -0.05) is 97.1 Å². The van der Waals surface area contributed by atoms with E-state index in [4.69, 9.17) is 8.85 Å². The van der Waals surface area contributed by atoms with Gasteiger partial charge in [0.1, 0.15) is 0 Å². The fourth-order valence-electron chi connectivity index (χ4n) is 7.43. The van der Waals surface area contributed by atoms with Crippen molar-refractivity contribution in [2.45, 2.75) is 58.0 Å². The van der Waals surface area contributed by atoms with Gasteiger partial charge in [0.05, 0.1) is 0 Å². The molecule has 0 saturated carbocycles. The van der Waals surface area contributed by atoms with Gasteiger partial charge in [0.15, 0.2) is 16.6 Å². The smallest absolute Gasteiger partial charge is 1.00 e. The summed E-state index contributed by atoms with van der Waals surface area (Å²) >= 11 is 0. The molecule has 3 aromatic rings. The van der Waals surface area contributed by atoms with Crippen molar-refractivity contribution in [2.24, 2.45) is 11.3 Å². The third-order valence-corrected chi connectivity index (χ3v) is 11.1. The molecule has 0 spiro atoms. The summed E-state index contributed by atoms with van der Waals surface area (Å²) in [7, 11) is -3.42. The molecule has 3 aliphatic carbocycles. The van der Waals surface area contributed by atoms with E-state index in [1.165, 1.54) is 38.3 Å². The molecular weight excluding hydrogens is 695 g/mol. The second-order valence-electron chi connectivity index (χ2n) is 13.8. The quantitative estimate of drug-likeness (QED) is 0.297. The molecule has 0 aromatic heterocycles. The maximum Gasteiger partial charge on any atom is 2.00 e. The molecule has 7 heteroatoms. The molecule has 3 aliphatic rings. The number of allylic oxidation sites excluding steroid dienone is 4. The molecule has 0 aliphatic heterocycles. The van der Waals surface area contributed by atoms with Crippen LogP contribution in [0.25, 0.3) is 22.3 Å². The van der Waals surface area contributed by atoms with Gasteiger partial charge in [0.2, 0.25) is 0 Å². The first-order chi connectivity index (χ1) is 19.6. The number of hydrogen-bond donors (Lipinski definition) is 0. The minimum Gasteiger partial charge on any atom is -1.00 e. The van der Waals surface area contributed by atoms with Crippen LogP contribution >= 0.6 is 0 Å². The molecule has 0 amide bonds. The van der Waals surface area contributed by atoms with E-state index in [2.05, 4.69) is 136 Å². The zero-order valence-corrected chi connectivity index (χ0v) is 32.8. The van der Waals surface area contributed by atoms with Crippen molar-refractivity contribution in [3.8, 4) is 11.1 Å². The summed E-state index contributed by atoms with van der Waals surface area (Å²) in [4.78, 5) is 0. The Labute approximate surface area is 297 Å². The molecule has 0 N–H and O–H groups in total. The average molecular weight is 739 g/mol. The third kappa shape index (κ3) is 7.15. The van der Waals surface area contributed by atoms with Crippen molar-refractivity contribution in [1.82, 2.24) is 0 Å². The Morgan fingerprint density at radius 1 is 0.636 bits per heavy atom. The van der Waals surface area contributed by atoms with Crippen LogP contribution in [0, 0.1) is 11.3 Å². The Hall–Kier alpha value is -1.30. The fourth-order valence-corrected chi connectivity index (χ4v) is 8.86. The van der Waals surface area contributed by atoms with Gasteiger partial charge >= 0.3 is 26.2 Å². The minimum absolute atomic E-state index is 0. The van der Waals surface area contributed by atoms with Crippen molar-refractivity contribution in [3.05, 3.63) is 119 Å². The van der Waals surface area contributed by atoms with Gasteiger partial charge in [-0.2, -0.15) is 0 Å². The molecule has 0 bridgehead atoms. The predicted molar refractivity (Wildman–Crippen MR) is 178 cm³/mol. The third-order valence-electron chi connectivity index (χ3n) is 8.95. The zero-order chi connectivity index (χ0) is 28.8. The molecule has 1 atom stereocenters. The van der Waals surface area contributed by atoms with E-state index >= 15 is 0 Å². The summed E-state index contributed by atoms with van der Waals surface area (Å²) in [5, 5.41) is 2.79. The molecule has 0 saturated heterocycles. The Kier molecular flexibility index (Phi) is 12.4. The van der Waals surface area contributed by atoms with E-state index in [0.717, 1.165) is 26.1 Å². The van der Waals surface area contributed by atoms with Crippen LogP contribution in [0.1, 0.15) is 29.9 Å². The Morgan fingerprint density at radius 2 is 1.11 bits per heavy atom. The summed E-state index contributed by atoms with van der Waals surface area (Å²) in [6.07, 6.45) is 11.2. The van der Waals surface area contributed by atoms with Gasteiger partial charge < -0.3 is 33.7 Å². The molecule has 230 valence electrons. The zero-order valence-electron chi connectivity index (χ0n) is 26.8. The number of halogens is 2. The number of rotatable bonds is 10. The van der Waals surface area contributed by atoms with E-state index in [1.54, 1.807) is 5.57 Å². The van der Waals surface area contributed by atoms with E-state index in [-0.39, 0.29) is 68.3 Å². The van der Waals surface area contributed by atoms with Crippen molar-refractivity contribution in [1.29, 1.82) is 0 Å². The molecule has 1 unspecified atom stereocenters. The van der Waals surface area contributed by atoms with Gasteiger partial charge in [-0.15, -0.1) is 0 Å². The fraction of sp³-hybridized carbons (Fsp3) is 0.351. The molecule has 44 heavy (non-hydrogen) atoms. The van der Waals surface area contributed by atoms with Gasteiger partial charge in [-0.05, 0) is 96.0 Å². The summed E-state index contributed by atoms with van der Waals surface area (Å²) in [5.74, 6) is 0.489. The van der Waals surface area contributed by atoms with Crippen LogP contribution < -0.4 is 35.3 Å². The second kappa shape index (κ2) is 14.6. The molecule has 6 rings (SSSR count). The standard InChI is InChI=1S/C37H44O2Si2.2ClH.Zr/c1-40(2,3)38-25-23-37(24-26-39-41(4,5)6,35-31-19-11-7-15-27(31)28-16-8-12-20-32(28)35)36-33-21-13-9-17-29(33)30-18-10-14-22-34(30)36;;;/h7-22,31,36H,23-26H2,1-6H3;2*1H;/q;;;+2/p-2. The number of hydrogen-bond acceptors (Lipinski definition) is 2. The van der Waals surface area contributed by atoms with Crippen molar-refractivity contribution in [2.75, 3.05) is 13.2 Å². The van der Waals surface area contributed by atoms with E-state index in [9.17, 15) is 0 Å².